The minimum absolute atomic E-state index is 0.0464. The molecule has 0 radical (unpaired) electrons. The maximum Gasteiger partial charge on any atom is 0.228 e. The number of hydrogen-bond acceptors (Lipinski definition) is 6. The van der Waals surface area contributed by atoms with E-state index < -0.39 is 0 Å². The van der Waals surface area contributed by atoms with Crippen LogP contribution in [-0.4, -0.2) is 31.9 Å². The average molecular weight is 1290 g/mol. The topological polar surface area (TPSA) is 58.1 Å². The van der Waals surface area contributed by atoms with Gasteiger partial charge in [-0.05, 0) is 137 Å². The zero-order valence-corrected chi connectivity index (χ0v) is 54.1. The van der Waals surface area contributed by atoms with E-state index in [1.54, 1.807) is 0 Å². The Morgan fingerprint density at radius 2 is 0.806 bits per heavy atom. The van der Waals surface area contributed by atoms with Gasteiger partial charge in [-0.1, -0.05) is 170 Å². The Balaban J connectivity index is 0.756. The van der Waals surface area contributed by atoms with Gasteiger partial charge in [0.1, 0.15) is 32.5 Å². The Morgan fingerprint density at radius 1 is 0.367 bits per heavy atom. The summed E-state index contributed by atoms with van der Waals surface area (Å²) >= 11 is 3.86. The number of hydrogen-bond donors (Lipinski definition) is 0. The van der Waals surface area contributed by atoms with Crippen molar-refractivity contribution in [2.75, 3.05) is 0 Å². The van der Waals surface area contributed by atoms with Crippen molar-refractivity contribution in [1.82, 2.24) is 19.1 Å². The molecule has 14 aliphatic rings. The van der Waals surface area contributed by atoms with Crippen LogP contribution in [0.2, 0.25) is 0 Å². The van der Waals surface area contributed by atoms with Crippen LogP contribution in [0.4, 0.5) is 22.7 Å². The molecule has 24 rings (SSSR count). The lowest BCUT2D eigenvalue weighted by Gasteiger charge is -2.41. The number of nitrogens with zero attached hydrogens (tertiary/aromatic N) is 4. The fraction of sp³-hybridized carbons (Fsp3) is 0.0667. The number of fused-ring (bicyclic) bond motifs is 12. The molecule has 6 atom stereocenters. The van der Waals surface area contributed by atoms with E-state index in [1.807, 2.05) is 48.3 Å². The van der Waals surface area contributed by atoms with Crippen molar-refractivity contribution in [3.8, 4) is 22.3 Å². The van der Waals surface area contributed by atoms with Gasteiger partial charge < -0.3 is 8.83 Å². The zero-order valence-electron chi connectivity index (χ0n) is 52.4. The molecule has 0 bridgehead atoms. The monoisotopic (exact) mass is 1280 g/mol. The van der Waals surface area contributed by atoms with Crippen molar-refractivity contribution in [3.05, 3.63) is 345 Å². The second kappa shape index (κ2) is 19.2. The summed E-state index contributed by atoms with van der Waals surface area (Å²) in [4.78, 5) is 12.1. The summed E-state index contributed by atoms with van der Waals surface area (Å²) in [6, 6.07) is 32.6. The molecule has 98 heavy (non-hydrogen) atoms. The first-order valence-corrected chi connectivity index (χ1v) is 35.8. The molecule has 0 N–H and O–H groups in total. The normalized spacial score (nSPS) is 23.8. The highest BCUT2D eigenvalue weighted by atomic mass is 32.2. The Bertz CT molecular complexity index is 6250. The summed E-state index contributed by atoms with van der Waals surface area (Å²) < 4.78 is 19.7. The van der Waals surface area contributed by atoms with E-state index in [-0.39, 0.29) is 34.2 Å². The molecule has 10 aromatic rings. The molecule has 0 saturated carbocycles. The van der Waals surface area contributed by atoms with Crippen LogP contribution in [0, 0.1) is 23.7 Å². The van der Waals surface area contributed by atoms with Gasteiger partial charge in [-0.3, -0.25) is 9.97 Å². The summed E-state index contributed by atoms with van der Waals surface area (Å²) in [6.07, 6.45) is 72.1. The number of thioether (sulfide) groups is 2. The first-order chi connectivity index (χ1) is 48.6. The minimum atomic E-state index is 0.0464. The van der Waals surface area contributed by atoms with Crippen LogP contribution in [0.25, 0.3) is 99.8 Å². The molecule has 0 amide bonds. The molecular formula is C90H52N4O2S2+2. The van der Waals surface area contributed by atoms with Crippen LogP contribution in [0.1, 0.15) is 0 Å². The third kappa shape index (κ3) is 6.90. The van der Waals surface area contributed by atoms with E-state index >= 15 is 0 Å². The van der Waals surface area contributed by atoms with Crippen LogP contribution in [0.5, 0.6) is 0 Å². The molecule has 12 aliphatic carbocycles. The van der Waals surface area contributed by atoms with Gasteiger partial charge in [0.2, 0.25) is 34.2 Å². The molecule has 4 aromatic heterocycles. The Hall–Kier alpha value is -11.4. The number of rotatable bonds is 4. The van der Waals surface area contributed by atoms with Gasteiger partial charge in [0.25, 0.3) is 0 Å². The number of pyridine rings is 2. The summed E-state index contributed by atoms with van der Waals surface area (Å²) in [7, 11) is 0. The molecule has 6 heterocycles. The number of furan rings is 2. The SMILES string of the molecule is C1=CC2=CC=CC3=C4C=c5oc6cc7c(cc6c5=C5C=CC=C(C(=C1)C23)C45)SC1C=CC=CC1=[N+]7c1cc(-c2cccnc2)c2ccc3c([N+]4=C5C=CC=CC5Sc5cc6c7c(oc6cc54)=CC4=C5C=CC=C6C=CC=C(C8=CC=CC=7C84)C65)cc(-c4cccnc4)c4ccc1c2c43. The molecule has 0 fully saturated rings. The molecular weight excluding hydrogens is 1230 g/mol. The van der Waals surface area contributed by atoms with Crippen molar-refractivity contribution in [1.29, 1.82) is 0 Å². The van der Waals surface area contributed by atoms with E-state index in [0.29, 0.717) is 0 Å². The second-order valence-corrected chi connectivity index (χ2v) is 29.9. The van der Waals surface area contributed by atoms with Crippen molar-refractivity contribution in [2.24, 2.45) is 23.7 Å². The van der Waals surface area contributed by atoms with E-state index in [0.717, 1.165) is 99.3 Å². The fourth-order valence-corrected chi connectivity index (χ4v) is 21.4. The molecule has 2 aliphatic heterocycles. The molecule has 6 unspecified atom stereocenters. The molecule has 0 spiro atoms. The van der Waals surface area contributed by atoms with Crippen LogP contribution >= 0.6 is 23.5 Å². The Morgan fingerprint density at radius 3 is 1.28 bits per heavy atom. The van der Waals surface area contributed by atoms with Crippen molar-refractivity contribution < 1.29 is 8.83 Å². The summed E-state index contributed by atoms with van der Waals surface area (Å²) in [5, 5.41) is 11.8. The first-order valence-electron chi connectivity index (χ1n) is 34.0. The fourth-order valence-electron chi connectivity index (χ4n) is 19.0. The molecule has 0 saturated heterocycles. The first kappa shape index (κ1) is 52.8. The van der Waals surface area contributed by atoms with E-state index in [4.69, 9.17) is 18.8 Å². The van der Waals surface area contributed by atoms with E-state index in [2.05, 4.69) is 264 Å². The Kier molecular flexibility index (Phi) is 10.3. The predicted molar refractivity (Wildman–Crippen MR) is 403 cm³/mol. The van der Waals surface area contributed by atoms with E-state index in [9.17, 15) is 0 Å². The van der Waals surface area contributed by atoms with Crippen molar-refractivity contribution in [3.63, 3.8) is 0 Å². The Labute approximate surface area is 570 Å². The van der Waals surface area contributed by atoms with E-state index in [1.165, 1.54) is 109 Å². The summed E-state index contributed by atoms with van der Waals surface area (Å²) in [5.41, 5.74) is 31.1. The summed E-state index contributed by atoms with van der Waals surface area (Å²) in [6.45, 7) is 0. The second-order valence-electron chi connectivity index (χ2n) is 27.6. The lowest BCUT2D eigenvalue weighted by atomic mass is 9.61. The third-order valence-corrected chi connectivity index (χ3v) is 25.4. The maximum atomic E-state index is 7.30. The highest BCUT2D eigenvalue weighted by molar-refractivity contribution is 8.01. The lowest BCUT2D eigenvalue weighted by Crippen LogP contribution is -2.37. The smallest absolute Gasteiger partial charge is 0.228 e. The molecule has 8 heteroatoms. The van der Waals surface area contributed by atoms with Gasteiger partial charge in [0.15, 0.2) is 0 Å². The van der Waals surface area contributed by atoms with Gasteiger partial charge in [0, 0.05) is 116 Å². The number of allylic oxidation sites excluding steroid dienone is 34. The van der Waals surface area contributed by atoms with Crippen molar-refractivity contribution in [2.45, 2.75) is 20.3 Å². The van der Waals surface area contributed by atoms with Crippen molar-refractivity contribution >= 4 is 135 Å². The zero-order chi connectivity index (χ0) is 63.3. The number of aromatic nitrogens is 2. The molecule has 6 nitrogen and oxygen atoms in total. The van der Waals surface area contributed by atoms with Crippen LogP contribution in [-0.2, 0) is 0 Å². The minimum Gasteiger partial charge on any atom is -0.456 e. The quantitative estimate of drug-likeness (QED) is 0.129. The lowest BCUT2D eigenvalue weighted by molar-refractivity contribution is 0.570. The van der Waals surface area contributed by atoms with Gasteiger partial charge in [-0.2, -0.15) is 9.15 Å². The van der Waals surface area contributed by atoms with Gasteiger partial charge in [-0.15, -0.1) is 23.5 Å². The maximum absolute atomic E-state index is 7.30. The third-order valence-electron chi connectivity index (χ3n) is 22.9. The predicted octanol–water partition coefficient (Wildman–Crippen LogP) is 17.9. The number of benzene rings is 6. The molecule has 6 aromatic carbocycles. The van der Waals surface area contributed by atoms with Gasteiger partial charge in [-0.25, -0.2) is 0 Å². The average Bonchev–Trinajstić information content (AvgIpc) is 1.61. The van der Waals surface area contributed by atoms with Gasteiger partial charge in [0.05, 0.1) is 32.7 Å². The molecule has 454 valence electrons. The highest BCUT2D eigenvalue weighted by Crippen LogP contribution is 2.58. The summed E-state index contributed by atoms with van der Waals surface area (Å²) in [5.74, 6) is 0.699. The van der Waals surface area contributed by atoms with Crippen LogP contribution < -0.4 is 30.4 Å². The highest BCUT2D eigenvalue weighted by Gasteiger charge is 2.46. The largest absolute Gasteiger partial charge is 0.456 e. The van der Waals surface area contributed by atoms with Crippen LogP contribution in [0.3, 0.4) is 0 Å². The van der Waals surface area contributed by atoms with Gasteiger partial charge >= 0.3 is 0 Å². The standard InChI is InChI=1S/C90H52N4O2S2/c1-3-29-79-69(27-1)93(73-43-75-67(41-81(73)97-79)87-61-25-9-23-53-51-19-5-13-47-15-7-21-55(83(47)51)65(85(53)61)39-77(87)95-75)71-37-63(49-17-11-35-91-45-49)57-32-34-60-72(38-64(50-18-12-36-92-46-50)58-31-33-59(71)89(57)90(58)60)94-70-28-2-4-30-80(70)98-82-42-68-76(44-74(82)94)96-78-40-66-56-22-8-16-48-14-6-20-52(84(48)56)54-24-10-26-62(86(54)66)88(68)78/h1-46,79-80,83-86H/q+2. The van der Waals surface area contributed by atoms with Crippen LogP contribution in [0.15, 0.2) is 342 Å².